The number of nitrogens with zero attached hydrogens (tertiary/aromatic N) is 1. The van der Waals surface area contributed by atoms with Gasteiger partial charge in [-0.05, 0) is 49.8 Å². The fourth-order valence-electron chi connectivity index (χ4n) is 3.48. The van der Waals surface area contributed by atoms with Crippen molar-refractivity contribution < 1.29 is 0 Å². The Morgan fingerprint density at radius 2 is 2.22 bits per heavy atom. The molecule has 1 heterocycles. The molecule has 0 bridgehead atoms. The molecule has 1 aliphatic carbocycles. The van der Waals surface area contributed by atoms with Crippen LogP contribution in [0.15, 0.2) is 18.2 Å². The first-order chi connectivity index (χ1) is 8.72. The molecule has 0 saturated heterocycles. The predicted octanol–water partition coefficient (Wildman–Crippen LogP) is 3.35. The van der Waals surface area contributed by atoms with Gasteiger partial charge in [0.1, 0.15) is 0 Å². The summed E-state index contributed by atoms with van der Waals surface area (Å²) in [6, 6.07) is 6.83. The van der Waals surface area contributed by atoms with E-state index in [0.29, 0.717) is 5.92 Å². The van der Waals surface area contributed by atoms with Gasteiger partial charge in [-0.1, -0.05) is 18.6 Å². The summed E-state index contributed by atoms with van der Waals surface area (Å²) in [4.78, 5) is 0. The van der Waals surface area contributed by atoms with Gasteiger partial charge in [0, 0.05) is 29.7 Å². The van der Waals surface area contributed by atoms with Crippen molar-refractivity contribution in [3.63, 3.8) is 0 Å². The average molecular weight is 242 g/mol. The number of hydrogen-bond acceptors (Lipinski definition) is 1. The summed E-state index contributed by atoms with van der Waals surface area (Å²) in [6.45, 7) is 6.20. The molecule has 2 heteroatoms. The Bertz CT molecular complexity index is 580. The molecule has 1 unspecified atom stereocenters. The second kappa shape index (κ2) is 4.43. The second-order valence-corrected chi connectivity index (χ2v) is 5.62. The largest absolute Gasteiger partial charge is 0.343 e. The van der Waals surface area contributed by atoms with E-state index in [0.717, 1.165) is 13.1 Å². The molecular formula is C16H22N2. The molecule has 2 aromatic rings. The van der Waals surface area contributed by atoms with Crippen LogP contribution < -0.4 is 5.73 Å². The van der Waals surface area contributed by atoms with Crippen LogP contribution in [0.2, 0.25) is 0 Å². The first kappa shape index (κ1) is 11.8. The van der Waals surface area contributed by atoms with Gasteiger partial charge in [0.15, 0.2) is 0 Å². The fraction of sp³-hybridized carbons (Fsp3) is 0.500. The molecule has 2 nitrogen and oxygen atoms in total. The lowest BCUT2D eigenvalue weighted by Gasteiger charge is -2.22. The summed E-state index contributed by atoms with van der Waals surface area (Å²) in [6.07, 6.45) is 3.87. The van der Waals surface area contributed by atoms with Crippen LogP contribution >= 0.6 is 0 Å². The SMILES string of the molecule is Cc1ccc2c(c1)c1c(n2CCN)C(C)CCC1. The maximum atomic E-state index is 5.80. The quantitative estimate of drug-likeness (QED) is 0.860. The van der Waals surface area contributed by atoms with E-state index in [1.165, 1.54) is 35.7 Å². The molecule has 0 spiro atoms. The van der Waals surface area contributed by atoms with Crippen LogP contribution in [0.1, 0.15) is 42.5 Å². The van der Waals surface area contributed by atoms with Crippen molar-refractivity contribution in [2.24, 2.45) is 5.73 Å². The van der Waals surface area contributed by atoms with Gasteiger partial charge in [0.2, 0.25) is 0 Å². The lowest BCUT2D eigenvalue weighted by atomic mass is 9.88. The van der Waals surface area contributed by atoms with Gasteiger partial charge in [-0.25, -0.2) is 0 Å². The van der Waals surface area contributed by atoms with Crippen LogP contribution in [-0.4, -0.2) is 11.1 Å². The van der Waals surface area contributed by atoms with Crippen molar-refractivity contribution in [3.05, 3.63) is 35.0 Å². The highest BCUT2D eigenvalue weighted by Crippen LogP contribution is 2.38. The van der Waals surface area contributed by atoms with E-state index in [1.807, 2.05) is 0 Å². The Morgan fingerprint density at radius 1 is 1.39 bits per heavy atom. The van der Waals surface area contributed by atoms with E-state index in [1.54, 1.807) is 11.3 Å². The third kappa shape index (κ3) is 1.67. The number of aromatic nitrogens is 1. The number of benzene rings is 1. The number of fused-ring (bicyclic) bond motifs is 3. The molecule has 0 amide bonds. The number of hydrogen-bond donors (Lipinski definition) is 1. The molecular weight excluding hydrogens is 220 g/mol. The standard InChI is InChI=1S/C16H22N2/c1-11-6-7-15-14(10-11)13-5-3-4-12(2)16(13)18(15)9-8-17/h6-7,10,12H,3-5,8-9,17H2,1-2H3. The van der Waals surface area contributed by atoms with E-state index in [4.69, 9.17) is 5.73 Å². The van der Waals surface area contributed by atoms with Crippen molar-refractivity contribution in [2.45, 2.75) is 45.6 Å². The monoisotopic (exact) mass is 242 g/mol. The smallest absolute Gasteiger partial charge is 0.0486 e. The van der Waals surface area contributed by atoms with Crippen molar-refractivity contribution in [3.8, 4) is 0 Å². The molecule has 0 aliphatic heterocycles. The van der Waals surface area contributed by atoms with E-state index in [-0.39, 0.29) is 0 Å². The Morgan fingerprint density at radius 3 is 3.00 bits per heavy atom. The van der Waals surface area contributed by atoms with E-state index in [9.17, 15) is 0 Å². The second-order valence-electron chi connectivity index (χ2n) is 5.62. The summed E-state index contributed by atoms with van der Waals surface area (Å²) >= 11 is 0. The minimum atomic E-state index is 0.674. The van der Waals surface area contributed by atoms with E-state index in [2.05, 4.69) is 36.6 Å². The zero-order valence-electron chi connectivity index (χ0n) is 11.4. The molecule has 0 radical (unpaired) electrons. The lowest BCUT2D eigenvalue weighted by Crippen LogP contribution is -2.16. The normalized spacial score (nSPS) is 19.2. The molecule has 1 aromatic carbocycles. The van der Waals surface area contributed by atoms with Crippen LogP contribution in [0.5, 0.6) is 0 Å². The van der Waals surface area contributed by atoms with Crippen molar-refractivity contribution >= 4 is 10.9 Å². The van der Waals surface area contributed by atoms with E-state index >= 15 is 0 Å². The Labute approximate surface area is 109 Å². The molecule has 1 aromatic heterocycles. The van der Waals surface area contributed by atoms with Crippen LogP contribution in [0.25, 0.3) is 10.9 Å². The van der Waals surface area contributed by atoms with Gasteiger partial charge in [0.25, 0.3) is 0 Å². The fourth-order valence-corrected chi connectivity index (χ4v) is 3.48. The number of nitrogens with two attached hydrogens (primary N) is 1. The van der Waals surface area contributed by atoms with Crippen LogP contribution in [-0.2, 0) is 13.0 Å². The van der Waals surface area contributed by atoms with Gasteiger partial charge < -0.3 is 10.3 Å². The van der Waals surface area contributed by atoms with Crippen LogP contribution in [0.3, 0.4) is 0 Å². The van der Waals surface area contributed by atoms with Crippen molar-refractivity contribution in [1.82, 2.24) is 4.57 Å². The van der Waals surface area contributed by atoms with Gasteiger partial charge >= 0.3 is 0 Å². The third-order valence-corrected chi connectivity index (χ3v) is 4.25. The maximum Gasteiger partial charge on any atom is 0.0486 e. The lowest BCUT2D eigenvalue weighted by molar-refractivity contribution is 0.542. The molecule has 18 heavy (non-hydrogen) atoms. The van der Waals surface area contributed by atoms with Crippen LogP contribution in [0, 0.1) is 6.92 Å². The zero-order valence-corrected chi connectivity index (χ0v) is 11.4. The molecule has 1 aliphatic rings. The zero-order chi connectivity index (χ0) is 12.7. The summed E-state index contributed by atoms with van der Waals surface area (Å²) in [5.41, 5.74) is 11.7. The van der Waals surface area contributed by atoms with Gasteiger partial charge in [-0.15, -0.1) is 0 Å². The molecule has 0 fully saturated rings. The molecule has 2 N–H and O–H groups in total. The summed E-state index contributed by atoms with van der Waals surface area (Å²) in [5, 5.41) is 1.46. The highest BCUT2D eigenvalue weighted by Gasteiger charge is 2.24. The highest BCUT2D eigenvalue weighted by molar-refractivity contribution is 5.86. The maximum absolute atomic E-state index is 5.80. The predicted molar refractivity (Wildman–Crippen MR) is 77.1 cm³/mol. The Balaban J connectivity index is 2.32. The van der Waals surface area contributed by atoms with Gasteiger partial charge in [0.05, 0.1) is 0 Å². The Kier molecular flexibility index (Phi) is 2.90. The van der Waals surface area contributed by atoms with Crippen molar-refractivity contribution in [1.29, 1.82) is 0 Å². The minimum absolute atomic E-state index is 0.674. The topological polar surface area (TPSA) is 30.9 Å². The van der Waals surface area contributed by atoms with Gasteiger partial charge in [-0.3, -0.25) is 0 Å². The van der Waals surface area contributed by atoms with E-state index < -0.39 is 0 Å². The minimum Gasteiger partial charge on any atom is -0.343 e. The Hall–Kier alpha value is -1.28. The first-order valence-electron chi connectivity index (χ1n) is 7.04. The third-order valence-electron chi connectivity index (χ3n) is 4.25. The summed E-state index contributed by atoms with van der Waals surface area (Å²) < 4.78 is 2.47. The molecule has 0 saturated carbocycles. The summed E-state index contributed by atoms with van der Waals surface area (Å²) in [5.74, 6) is 0.674. The molecule has 96 valence electrons. The number of aryl methyl sites for hydroxylation is 2. The first-order valence-corrected chi connectivity index (χ1v) is 7.04. The molecule has 3 rings (SSSR count). The molecule has 1 atom stereocenters. The average Bonchev–Trinajstić information content (AvgIpc) is 2.66. The van der Waals surface area contributed by atoms with Crippen LogP contribution in [0.4, 0.5) is 0 Å². The van der Waals surface area contributed by atoms with Crippen molar-refractivity contribution in [2.75, 3.05) is 6.54 Å². The highest BCUT2D eigenvalue weighted by atomic mass is 15.0. The summed E-state index contributed by atoms with van der Waals surface area (Å²) in [7, 11) is 0. The number of rotatable bonds is 2. The van der Waals surface area contributed by atoms with Gasteiger partial charge in [-0.2, -0.15) is 0 Å².